The molecule has 1 aromatic rings. The van der Waals surface area contributed by atoms with E-state index in [0.717, 1.165) is 16.7 Å². The van der Waals surface area contributed by atoms with Crippen molar-refractivity contribution in [3.8, 4) is 0 Å². The lowest BCUT2D eigenvalue weighted by atomic mass is 10.1. The second kappa shape index (κ2) is 6.10. The van der Waals surface area contributed by atoms with Crippen molar-refractivity contribution < 1.29 is 5.11 Å². The van der Waals surface area contributed by atoms with Gasteiger partial charge in [0.1, 0.15) is 0 Å². The van der Waals surface area contributed by atoms with E-state index in [1.165, 1.54) is 5.56 Å². The summed E-state index contributed by atoms with van der Waals surface area (Å²) in [5, 5.41) is 12.0. The minimum Gasteiger partial charge on any atom is -0.395 e. The van der Waals surface area contributed by atoms with Crippen molar-refractivity contribution in [2.75, 3.05) is 32.1 Å². The van der Waals surface area contributed by atoms with Gasteiger partial charge in [0, 0.05) is 30.3 Å². The number of rotatable bonds is 5. The molecule has 4 heteroatoms. The molecule has 0 heterocycles. The van der Waals surface area contributed by atoms with Gasteiger partial charge in [0.25, 0.3) is 0 Å². The van der Waals surface area contributed by atoms with Gasteiger partial charge in [-0.2, -0.15) is 0 Å². The minimum atomic E-state index is 0.172. The fraction of sp³-hybridized carbons (Fsp3) is 0.455. The van der Waals surface area contributed by atoms with Gasteiger partial charge in [-0.3, -0.25) is 0 Å². The summed E-state index contributed by atoms with van der Waals surface area (Å²) in [4.78, 5) is 2.05. The van der Waals surface area contributed by atoms with E-state index >= 15 is 0 Å². The van der Waals surface area contributed by atoms with Crippen LogP contribution in [-0.2, 0) is 6.54 Å². The van der Waals surface area contributed by atoms with Gasteiger partial charge in [0.2, 0.25) is 0 Å². The molecule has 0 bridgehead atoms. The van der Waals surface area contributed by atoms with E-state index in [1.54, 1.807) is 0 Å². The average Bonchev–Trinajstić information content (AvgIpc) is 2.18. The van der Waals surface area contributed by atoms with Crippen LogP contribution in [0.1, 0.15) is 5.56 Å². The normalized spacial score (nSPS) is 10.4. The molecule has 0 saturated heterocycles. The van der Waals surface area contributed by atoms with Gasteiger partial charge in [0.05, 0.1) is 6.61 Å². The molecule has 0 unspecified atom stereocenters. The molecule has 84 valence electrons. The predicted octanol–water partition coefficient (Wildman–Crippen LogP) is 1.60. The van der Waals surface area contributed by atoms with Crippen LogP contribution in [0.2, 0.25) is 0 Å². The van der Waals surface area contributed by atoms with Crippen LogP contribution < -0.4 is 10.2 Å². The highest BCUT2D eigenvalue weighted by molar-refractivity contribution is 9.10. The maximum atomic E-state index is 8.91. The Morgan fingerprint density at radius 3 is 2.80 bits per heavy atom. The number of nitrogens with zero attached hydrogens (tertiary/aromatic N) is 1. The Bertz CT molecular complexity index is 317. The Morgan fingerprint density at radius 1 is 1.47 bits per heavy atom. The van der Waals surface area contributed by atoms with Gasteiger partial charge in [-0.05, 0) is 30.8 Å². The highest BCUT2D eigenvalue weighted by Gasteiger charge is 2.06. The molecule has 0 aliphatic rings. The summed E-state index contributed by atoms with van der Waals surface area (Å²) in [6.45, 7) is 1.65. The molecule has 0 aromatic heterocycles. The third-order valence-electron chi connectivity index (χ3n) is 2.26. The fourth-order valence-electron chi connectivity index (χ4n) is 1.53. The lowest BCUT2D eigenvalue weighted by Gasteiger charge is -2.21. The largest absolute Gasteiger partial charge is 0.395 e. The molecule has 3 nitrogen and oxygen atoms in total. The van der Waals surface area contributed by atoms with Gasteiger partial charge in [-0.1, -0.05) is 15.9 Å². The minimum absolute atomic E-state index is 0.172. The van der Waals surface area contributed by atoms with Gasteiger partial charge in [0.15, 0.2) is 0 Å². The van der Waals surface area contributed by atoms with Crippen molar-refractivity contribution >= 4 is 21.6 Å². The third kappa shape index (κ3) is 3.48. The average molecular weight is 273 g/mol. The molecule has 0 spiro atoms. The molecule has 0 amide bonds. The van der Waals surface area contributed by atoms with E-state index in [4.69, 9.17) is 5.11 Å². The summed E-state index contributed by atoms with van der Waals surface area (Å²) in [5.74, 6) is 0. The molecule has 1 aromatic carbocycles. The number of halogens is 1. The lowest BCUT2D eigenvalue weighted by Crippen LogP contribution is -2.23. The Morgan fingerprint density at radius 2 is 2.20 bits per heavy atom. The number of hydrogen-bond donors (Lipinski definition) is 2. The maximum absolute atomic E-state index is 8.91. The van der Waals surface area contributed by atoms with E-state index in [2.05, 4.69) is 38.3 Å². The first kappa shape index (κ1) is 12.5. The number of hydrogen-bond acceptors (Lipinski definition) is 3. The number of nitrogens with one attached hydrogen (secondary N) is 1. The van der Waals surface area contributed by atoms with Crippen LogP contribution in [0.3, 0.4) is 0 Å². The van der Waals surface area contributed by atoms with Crippen molar-refractivity contribution in [1.29, 1.82) is 0 Å². The zero-order chi connectivity index (χ0) is 11.3. The molecule has 0 atom stereocenters. The first-order valence-electron chi connectivity index (χ1n) is 4.94. The van der Waals surface area contributed by atoms with E-state index in [9.17, 15) is 0 Å². The fourth-order valence-corrected chi connectivity index (χ4v) is 1.94. The molecule has 1 rings (SSSR count). The zero-order valence-corrected chi connectivity index (χ0v) is 10.7. The Hall–Kier alpha value is -0.580. The second-order valence-electron chi connectivity index (χ2n) is 3.45. The van der Waals surface area contributed by atoms with Crippen LogP contribution in [0, 0.1) is 0 Å². The zero-order valence-electron chi connectivity index (χ0n) is 9.13. The summed E-state index contributed by atoms with van der Waals surface area (Å²) in [6.07, 6.45) is 0. The SMILES string of the molecule is CNCc1cc(Br)ccc1N(C)CCO. The van der Waals surface area contributed by atoms with Crippen LogP contribution in [0.5, 0.6) is 0 Å². The number of likely N-dealkylation sites (N-methyl/N-ethyl adjacent to an activating group) is 1. The summed E-state index contributed by atoms with van der Waals surface area (Å²) in [7, 11) is 3.91. The molecular weight excluding hydrogens is 256 g/mol. The van der Waals surface area contributed by atoms with Crippen molar-refractivity contribution in [2.45, 2.75) is 6.54 Å². The number of anilines is 1. The first-order valence-corrected chi connectivity index (χ1v) is 5.73. The van der Waals surface area contributed by atoms with Crippen molar-refractivity contribution in [3.63, 3.8) is 0 Å². The number of aliphatic hydroxyl groups is 1. The van der Waals surface area contributed by atoms with Crippen LogP contribution in [-0.4, -0.2) is 32.4 Å². The van der Waals surface area contributed by atoms with E-state index in [1.807, 2.05) is 20.2 Å². The van der Waals surface area contributed by atoms with Gasteiger partial charge in [-0.25, -0.2) is 0 Å². The Balaban J connectivity index is 2.93. The lowest BCUT2D eigenvalue weighted by molar-refractivity contribution is 0.304. The van der Waals surface area contributed by atoms with E-state index in [0.29, 0.717) is 6.54 Å². The van der Waals surface area contributed by atoms with E-state index in [-0.39, 0.29) is 6.61 Å². The third-order valence-corrected chi connectivity index (χ3v) is 2.75. The summed E-state index contributed by atoms with van der Waals surface area (Å²) >= 11 is 3.46. The van der Waals surface area contributed by atoms with Crippen LogP contribution in [0.15, 0.2) is 22.7 Å². The quantitative estimate of drug-likeness (QED) is 0.855. The standard InChI is InChI=1S/C11H17BrN2O/c1-13-8-9-7-10(12)3-4-11(9)14(2)5-6-15/h3-4,7,13,15H,5-6,8H2,1-2H3. The maximum Gasteiger partial charge on any atom is 0.0606 e. The van der Waals surface area contributed by atoms with E-state index < -0.39 is 0 Å². The molecule has 0 aliphatic heterocycles. The predicted molar refractivity (Wildman–Crippen MR) is 67.3 cm³/mol. The second-order valence-corrected chi connectivity index (χ2v) is 4.36. The highest BCUT2D eigenvalue weighted by Crippen LogP contribution is 2.23. The molecule has 0 saturated carbocycles. The topological polar surface area (TPSA) is 35.5 Å². The summed E-state index contributed by atoms with van der Waals surface area (Å²) in [6, 6.07) is 6.18. The van der Waals surface area contributed by atoms with Crippen LogP contribution in [0.4, 0.5) is 5.69 Å². The number of aliphatic hydroxyl groups excluding tert-OH is 1. The molecule has 2 N–H and O–H groups in total. The smallest absolute Gasteiger partial charge is 0.0606 e. The van der Waals surface area contributed by atoms with Crippen LogP contribution >= 0.6 is 15.9 Å². The highest BCUT2D eigenvalue weighted by atomic mass is 79.9. The van der Waals surface area contributed by atoms with Gasteiger partial charge < -0.3 is 15.3 Å². The van der Waals surface area contributed by atoms with Crippen molar-refractivity contribution in [3.05, 3.63) is 28.2 Å². The Kier molecular flexibility index (Phi) is 5.08. The van der Waals surface area contributed by atoms with Crippen molar-refractivity contribution in [2.24, 2.45) is 0 Å². The van der Waals surface area contributed by atoms with Gasteiger partial charge >= 0.3 is 0 Å². The number of benzene rings is 1. The molecular formula is C11H17BrN2O. The monoisotopic (exact) mass is 272 g/mol. The van der Waals surface area contributed by atoms with Crippen molar-refractivity contribution in [1.82, 2.24) is 5.32 Å². The molecule has 0 fully saturated rings. The first-order chi connectivity index (χ1) is 7.19. The van der Waals surface area contributed by atoms with Crippen LogP contribution in [0.25, 0.3) is 0 Å². The summed E-state index contributed by atoms with van der Waals surface area (Å²) < 4.78 is 1.08. The molecule has 0 aliphatic carbocycles. The Labute approximate surface area is 99.2 Å². The summed E-state index contributed by atoms with van der Waals surface area (Å²) in [5.41, 5.74) is 2.38. The van der Waals surface area contributed by atoms with Gasteiger partial charge in [-0.15, -0.1) is 0 Å². The molecule has 0 radical (unpaired) electrons. The molecule has 15 heavy (non-hydrogen) atoms.